The molecule has 3 aromatic rings. The lowest BCUT2D eigenvalue weighted by atomic mass is 9.95. The van der Waals surface area contributed by atoms with E-state index in [1.54, 1.807) is 38.1 Å². The molecular weight excluding hydrogens is 527 g/mol. The fraction of sp³-hybridized carbons (Fsp3) is 0.167. The van der Waals surface area contributed by atoms with E-state index in [2.05, 4.69) is 20.9 Å². The van der Waals surface area contributed by atoms with Crippen molar-refractivity contribution in [1.82, 2.24) is 4.98 Å². The van der Waals surface area contributed by atoms with Gasteiger partial charge in [0.1, 0.15) is 16.5 Å². The first-order valence-corrected chi connectivity index (χ1v) is 11.8. The standard InChI is InChI=1S/C24H18BrFN2O5S/c1-3-33-23(32)21-12(2)27-24(34-21)28-18(14-5-4-6-15(25)11-14)17(20(30)22(28)31)19(29)13-7-9-16(26)10-8-13/h4-11,18,29H,3H2,1-2H3. The van der Waals surface area contributed by atoms with Crippen molar-refractivity contribution in [1.29, 1.82) is 0 Å². The number of carbonyl (C=O) groups excluding carboxylic acids is 3. The van der Waals surface area contributed by atoms with Gasteiger partial charge in [0.25, 0.3) is 5.78 Å². The largest absolute Gasteiger partial charge is 0.507 e. The quantitative estimate of drug-likeness (QED) is 0.206. The third-order valence-corrected chi connectivity index (χ3v) is 6.81. The Balaban J connectivity index is 1.91. The molecule has 4 rings (SSSR count). The lowest BCUT2D eigenvalue weighted by molar-refractivity contribution is -0.132. The Hall–Kier alpha value is -3.37. The zero-order chi connectivity index (χ0) is 24.6. The number of amides is 1. The molecule has 0 bridgehead atoms. The first-order valence-electron chi connectivity index (χ1n) is 10.2. The second-order valence-electron chi connectivity index (χ2n) is 7.36. The Morgan fingerprint density at radius 1 is 1.24 bits per heavy atom. The van der Waals surface area contributed by atoms with E-state index >= 15 is 0 Å². The van der Waals surface area contributed by atoms with Crippen molar-refractivity contribution in [3.05, 3.63) is 86.1 Å². The van der Waals surface area contributed by atoms with E-state index in [0.717, 1.165) is 23.5 Å². The predicted octanol–water partition coefficient (Wildman–Crippen LogP) is 5.16. The Morgan fingerprint density at radius 2 is 1.94 bits per heavy atom. The number of ketones is 1. The first kappa shape index (κ1) is 23.8. The number of carbonyl (C=O) groups is 3. The molecule has 1 N–H and O–H groups in total. The zero-order valence-corrected chi connectivity index (χ0v) is 20.4. The Kier molecular flexibility index (Phi) is 6.63. The highest BCUT2D eigenvalue weighted by Crippen LogP contribution is 2.44. The first-order chi connectivity index (χ1) is 16.2. The van der Waals surface area contributed by atoms with Crippen LogP contribution < -0.4 is 4.90 Å². The third kappa shape index (κ3) is 4.26. The number of aliphatic hydroxyl groups is 1. The molecule has 2 heterocycles. The lowest BCUT2D eigenvalue weighted by Crippen LogP contribution is -2.29. The molecule has 1 aromatic heterocycles. The number of esters is 1. The minimum absolute atomic E-state index is 0.116. The SMILES string of the molecule is CCOC(=O)c1sc(N2C(=O)C(=O)C(=C(O)c3ccc(F)cc3)C2c2cccc(Br)c2)nc1C. The van der Waals surface area contributed by atoms with Gasteiger partial charge in [0.2, 0.25) is 0 Å². The van der Waals surface area contributed by atoms with Crippen LogP contribution in [0.1, 0.15) is 39.5 Å². The van der Waals surface area contributed by atoms with Crippen LogP contribution in [0.2, 0.25) is 0 Å². The Bertz CT molecular complexity index is 1340. The van der Waals surface area contributed by atoms with Gasteiger partial charge in [-0.3, -0.25) is 14.5 Å². The van der Waals surface area contributed by atoms with Gasteiger partial charge < -0.3 is 9.84 Å². The number of hydrogen-bond acceptors (Lipinski definition) is 7. The molecule has 2 aromatic carbocycles. The molecule has 1 aliphatic heterocycles. The summed E-state index contributed by atoms with van der Waals surface area (Å²) in [6.45, 7) is 3.46. The highest BCUT2D eigenvalue weighted by Gasteiger charge is 2.48. The fourth-order valence-electron chi connectivity index (χ4n) is 3.66. The van der Waals surface area contributed by atoms with Gasteiger partial charge in [0, 0.05) is 10.0 Å². The number of nitrogens with zero attached hydrogens (tertiary/aromatic N) is 2. The van der Waals surface area contributed by atoms with E-state index in [1.807, 2.05) is 0 Å². The van der Waals surface area contributed by atoms with Crippen molar-refractivity contribution in [2.45, 2.75) is 19.9 Å². The molecular formula is C24H18BrFN2O5S. The smallest absolute Gasteiger partial charge is 0.350 e. The summed E-state index contributed by atoms with van der Waals surface area (Å²) in [6.07, 6.45) is 0. The van der Waals surface area contributed by atoms with Crippen LogP contribution in [0.3, 0.4) is 0 Å². The molecule has 0 saturated carbocycles. The predicted molar refractivity (Wildman–Crippen MR) is 128 cm³/mol. The number of Topliss-reactive ketones (excluding diaryl/α,β-unsaturated/α-hetero) is 1. The molecule has 1 atom stereocenters. The molecule has 0 radical (unpaired) electrons. The number of aliphatic hydroxyl groups excluding tert-OH is 1. The fourth-order valence-corrected chi connectivity index (χ4v) is 5.06. The number of thiazole rings is 1. The number of aromatic nitrogens is 1. The van der Waals surface area contributed by atoms with Crippen molar-refractivity contribution < 1.29 is 28.6 Å². The van der Waals surface area contributed by atoms with Crippen LogP contribution in [-0.4, -0.2) is 34.4 Å². The number of halogens is 2. The number of aryl methyl sites for hydroxylation is 1. The van der Waals surface area contributed by atoms with Gasteiger partial charge in [-0.2, -0.15) is 0 Å². The molecule has 1 saturated heterocycles. The van der Waals surface area contributed by atoms with E-state index in [0.29, 0.717) is 15.7 Å². The van der Waals surface area contributed by atoms with Gasteiger partial charge >= 0.3 is 11.9 Å². The number of rotatable bonds is 5. The second-order valence-corrected chi connectivity index (χ2v) is 9.26. The summed E-state index contributed by atoms with van der Waals surface area (Å²) < 4.78 is 19.2. The summed E-state index contributed by atoms with van der Waals surface area (Å²) in [5, 5.41) is 11.2. The van der Waals surface area contributed by atoms with E-state index < -0.39 is 35.3 Å². The highest BCUT2D eigenvalue weighted by atomic mass is 79.9. The third-order valence-electron chi connectivity index (χ3n) is 5.18. The van der Waals surface area contributed by atoms with E-state index in [1.165, 1.54) is 17.0 Å². The summed E-state index contributed by atoms with van der Waals surface area (Å²) in [5.41, 5.74) is 0.900. The molecule has 7 nitrogen and oxygen atoms in total. The normalized spacial score (nSPS) is 17.3. The van der Waals surface area contributed by atoms with E-state index in [4.69, 9.17) is 4.74 Å². The topological polar surface area (TPSA) is 96.8 Å². The number of hydrogen-bond donors (Lipinski definition) is 1. The minimum atomic E-state index is -1.02. The average molecular weight is 545 g/mol. The van der Waals surface area contributed by atoms with Crippen LogP contribution >= 0.6 is 27.3 Å². The van der Waals surface area contributed by atoms with Crippen molar-refractivity contribution >= 4 is 55.8 Å². The lowest BCUT2D eigenvalue weighted by Gasteiger charge is -2.23. The Morgan fingerprint density at radius 3 is 2.59 bits per heavy atom. The molecule has 0 aliphatic carbocycles. The van der Waals surface area contributed by atoms with Crippen molar-refractivity contribution in [2.75, 3.05) is 11.5 Å². The number of benzene rings is 2. The molecule has 1 aliphatic rings. The van der Waals surface area contributed by atoms with Crippen molar-refractivity contribution in [3.8, 4) is 0 Å². The van der Waals surface area contributed by atoms with E-state index in [-0.39, 0.29) is 27.8 Å². The monoisotopic (exact) mass is 544 g/mol. The van der Waals surface area contributed by atoms with Crippen molar-refractivity contribution in [2.24, 2.45) is 0 Å². The molecule has 1 amide bonds. The van der Waals surface area contributed by atoms with Crippen LogP contribution in [0.25, 0.3) is 5.76 Å². The molecule has 0 spiro atoms. The van der Waals surface area contributed by atoms with E-state index in [9.17, 15) is 23.9 Å². The molecule has 1 fully saturated rings. The highest BCUT2D eigenvalue weighted by molar-refractivity contribution is 9.10. The molecule has 1 unspecified atom stereocenters. The van der Waals surface area contributed by atoms with Gasteiger partial charge in [0.15, 0.2) is 5.13 Å². The van der Waals surface area contributed by atoms with Gasteiger partial charge in [-0.25, -0.2) is 14.2 Å². The van der Waals surface area contributed by atoms with Crippen LogP contribution in [0, 0.1) is 12.7 Å². The molecule has 34 heavy (non-hydrogen) atoms. The average Bonchev–Trinajstić information content (AvgIpc) is 3.31. The minimum Gasteiger partial charge on any atom is -0.507 e. The maximum Gasteiger partial charge on any atom is 0.350 e. The zero-order valence-electron chi connectivity index (χ0n) is 18.0. The van der Waals surface area contributed by atoms with Gasteiger partial charge in [-0.1, -0.05) is 39.4 Å². The second kappa shape index (κ2) is 9.47. The van der Waals surface area contributed by atoms with Crippen LogP contribution in [-0.2, 0) is 14.3 Å². The van der Waals surface area contributed by atoms with Crippen LogP contribution in [0.4, 0.5) is 9.52 Å². The van der Waals surface area contributed by atoms with Crippen molar-refractivity contribution in [3.63, 3.8) is 0 Å². The maximum atomic E-state index is 13.4. The maximum absolute atomic E-state index is 13.4. The number of anilines is 1. The molecule has 10 heteroatoms. The Labute approximate surface area is 206 Å². The van der Waals surface area contributed by atoms with Gasteiger partial charge in [-0.15, -0.1) is 0 Å². The summed E-state index contributed by atoms with van der Waals surface area (Å²) in [4.78, 5) is 44.4. The summed E-state index contributed by atoms with van der Waals surface area (Å²) >= 11 is 4.32. The number of ether oxygens (including phenoxy) is 1. The summed E-state index contributed by atoms with van der Waals surface area (Å²) in [5.74, 6) is -3.35. The van der Waals surface area contributed by atoms with Crippen LogP contribution in [0.5, 0.6) is 0 Å². The van der Waals surface area contributed by atoms with Crippen LogP contribution in [0.15, 0.2) is 58.6 Å². The summed E-state index contributed by atoms with van der Waals surface area (Å²) in [7, 11) is 0. The van der Waals surface area contributed by atoms with Gasteiger partial charge in [0.05, 0.1) is 23.9 Å². The molecule has 174 valence electrons. The van der Waals surface area contributed by atoms with Gasteiger partial charge in [-0.05, 0) is 55.8 Å². The summed E-state index contributed by atoms with van der Waals surface area (Å²) in [6, 6.07) is 10.8.